The van der Waals surface area contributed by atoms with E-state index in [1.807, 2.05) is 26.0 Å². The Hall–Kier alpha value is -1.07. The molecule has 16 heavy (non-hydrogen) atoms. The minimum atomic E-state index is -3.77. The molecule has 0 fully saturated rings. The lowest BCUT2D eigenvalue weighted by Crippen LogP contribution is -2.00. The van der Waals surface area contributed by atoms with Crippen LogP contribution in [-0.2, 0) is 15.5 Å². The fraction of sp³-hybridized carbons (Fsp3) is 0.300. The molecule has 2 aromatic rings. The molecule has 0 radical (unpaired) electrons. The molecule has 0 atom stereocenters. The number of imidazole rings is 1. The van der Waals surface area contributed by atoms with Crippen LogP contribution in [-0.4, -0.2) is 17.8 Å². The minimum absolute atomic E-state index is 0.0756. The van der Waals surface area contributed by atoms with E-state index in [-0.39, 0.29) is 5.03 Å². The van der Waals surface area contributed by atoms with Gasteiger partial charge in [-0.3, -0.25) is 4.40 Å². The summed E-state index contributed by atoms with van der Waals surface area (Å²) in [7, 11) is 1.64. The predicted molar refractivity (Wildman–Crippen MR) is 62.3 cm³/mol. The molecule has 4 nitrogen and oxygen atoms in total. The topological polar surface area (TPSA) is 51.4 Å². The van der Waals surface area contributed by atoms with Gasteiger partial charge in [0.2, 0.25) is 0 Å². The SMILES string of the molecule is CCc1nc2cc(C)ccn2c1S(=O)(=O)Cl. The zero-order valence-corrected chi connectivity index (χ0v) is 10.5. The second-order valence-electron chi connectivity index (χ2n) is 3.59. The van der Waals surface area contributed by atoms with Gasteiger partial charge in [0.05, 0.1) is 5.69 Å². The van der Waals surface area contributed by atoms with Crippen molar-refractivity contribution in [2.45, 2.75) is 25.3 Å². The first-order valence-corrected chi connectivity index (χ1v) is 7.16. The average molecular weight is 259 g/mol. The first-order valence-electron chi connectivity index (χ1n) is 4.85. The molecule has 0 aliphatic heterocycles. The van der Waals surface area contributed by atoms with Crippen LogP contribution in [0.1, 0.15) is 18.2 Å². The van der Waals surface area contributed by atoms with Crippen molar-refractivity contribution >= 4 is 25.4 Å². The van der Waals surface area contributed by atoms with Crippen molar-refractivity contribution in [2.24, 2.45) is 0 Å². The van der Waals surface area contributed by atoms with Crippen LogP contribution in [0.5, 0.6) is 0 Å². The highest BCUT2D eigenvalue weighted by atomic mass is 35.7. The second kappa shape index (κ2) is 3.75. The van der Waals surface area contributed by atoms with Gasteiger partial charge in [0.25, 0.3) is 9.05 Å². The third-order valence-electron chi connectivity index (χ3n) is 2.37. The Morgan fingerprint density at radius 1 is 1.50 bits per heavy atom. The number of pyridine rings is 1. The standard InChI is InChI=1S/C10H11ClN2O2S/c1-3-8-10(16(11,14)15)13-5-4-7(2)6-9(13)12-8/h4-6H,3H2,1-2H3. The zero-order chi connectivity index (χ0) is 11.9. The van der Waals surface area contributed by atoms with Crippen molar-refractivity contribution in [3.8, 4) is 0 Å². The Morgan fingerprint density at radius 3 is 2.75 bits per heavy atom. The van der Waals surface area contributed by atoms with Gasteiger partial charge in [0.1, 0.15) is 5.65 Å². The van der Waals surface area contributed by atoms with Crippen LogP contribution in [0.15, 0.2) is 23.4 Å². The lowest BCUT2D eigenvalue weighted by molar-refractivity contribution is 0.603. The average Bonchev–Trinajstić information content (AvgIpc) is 2.54. The van der Waals surface area contributed by atoms with E-state index in [4.69, 9.17) is 10.7 Å². The molecule has 2 rings (SSSR count). The van der Waals surface area contributed by atoms with Crippen LogP contribution in [0.2, 0.25) is 0 Å². The van der Waals surface area contributed by atoms with Crippen LogP contribution in [0.25, 0.3) is 5.65 Å². The Kier molecular flexibility index (Phi) is 2.67. The lowest BCUT2D eigenvalue weighted by Gasteiger charge is -1.99. The number of rotatable bonds is 2. The molecule has 0 spiro atoms. The lowest BCUT2D eigenvalue weighted by atomic mass is 10.3. The smallest absolute Gasteiger partial charge is 0.279 e. The van der Waals surface area contributed by atoms with E-state index in [1.165, 1.54) is 4.40 Å². The molecule has 2 aromatic heterocycles. The molecule has 86 valence electrons. The Balaban J connectivity index is 2.90. The summed E-state index contributed by atoms with van der Waals surface area (Å²) in [6.07, 6.45) is 2.20. The largest absolute Gasteiger partial charge is 0.289 e. The molecule has 0 saturated heterocycles. The van der Waals surface area contributed by atoms with Gasteiger partial charge < -0.3 is 0 Å². The second-order valence-corrected chi connectivity index (χ2v) is 6.07. The van der Waals surface area contributed by atoms with Gasteiger partial charge >= 0.3 is 0 Å². The van der Waals surface area contributed by atoms with Crippen LogP contribution < -0.4 is 0 Å². The fourth-order valence-electron chi connectivity index (χ4n) is 1.66. The Labute approximate surface area is 98.3 Å². The van der Waals surface area contributed by atoms with Crippen molar-refractivity contribution in [2.75, 3.05) is 0 Å². The molecule has 0 saturated carbocycles. The van der Waals surface area contributed by atoms with Gasteiger partial charge in [-0.1, -0.05) is 6.92 Å². The highest BCUT2D eigenvalue weighted by Crippen LogP contribution is 2.22. The van der Waals surface area contributed by atoms with E-state index in [2.05, 4.69) is 4.98 Å². The summed E-state index contributed by atoms with van der Waals surface area (Å²) < 4.78 is 24.5. The number of aromatic nitrogens is 2. The van der Waals surface area contributed by atoms with Gasteiger partial charge in [-0.15, -0.1) is 0 Å². The van der Waals surface area contributed by atoms with E-state index < -0.39 is 9.05 Å². The maximum absolute atomic E-state index is 11.5. The van der Waals surface area contributed by atoms with Crippen molar-refractivity contribution in [3.63, 3.8) is 0 Å². The van der Waals surface area contributed by atoms with E-state index in [0.717, 1.165) is 5.56 Å². The third-order valence-corrected chi connectivity index (χ3v) is 3.70. The number of nitrogens with zero attached hydrogens (tertiary/aromatic N) is 2. The Bertz CT molecular complexity index is 646. The molecular formula is C10H11ClN2O2S. The van der Waals surface area contributed by atoms with Crippen LogP contribution >= 0.6 is 10.7 Å². The van der Waals surface area contributed by atoms with Crippen molar-refractivity contribution in [1.29, 1.82) is 0 Å². The van der Waals surface area contributed by atoms with Crippen LogP contribution in [0.4, 0.5) is 0 Å². The predicted octanol–water partition coefficient (Wildman–Crippen LogP) is 2.13. The minimum Gasteiger partial charge on any atom is -0.289 e. The molecule has 0 bridgehead atoms. The van der Waals surface area contributed by atoms with E-state index in [1.54, 1.807) is 6.20 Å². The molecule has 2 heterocycles. The molecule has 6 heteroatoms. The van der Waals surface area contributed by atoms with Gasteiger partial charge in [0.15, 0.2) is 5.03 Å². The van der Waals surface area contributed by atoms with Gasteiger partial charge in [-0.25, -0.2) is 13.4 Å². The molecular weight excluding hydrogens is 248 g/mol. The number of halogens is 1. The fourth-order valence-corrected chi connectivity index (χ4v) is 3.01. The maximum Gasteiger partial charge on any atom is 0.279 e. The van der Waals surface area contributed by atoms with Crippen molar-refractivity contribution in [1.82, 2.24) is 9.38 Å². The van der Waals surface area contributed by atoms with Crippen LogP contribution in [0.3, 0.4) is 0 Å². The Morgan fingerprint density at radius 2 is 2.19 bits per heavy atom. The quantitative estimate of drug-likeness (QED) is 0.776. The van der Waals surface area contributed by atoms with E-state index in [0.29, 0.717) is 17.8 Å². The third kappa shape index (κ3) is 1.81. The number of fused-ring (bicyclic) bond motifs is 1. The summed E-state index contributed by atoms with van der Waals surface area (Å²) in [6.45, 7) is 3.77. The highest BCUT2D eigenvalue weighted by molar-refractivity contribution is 8.13. The first kappa shape index (κ1) is 11.4. The maximum atomic E-state index is 11.5. The summed E-state index contributed by atoms with van der Waals surface area (Å²) >= 11 is 0. The summed E-state index contributed by atoms with van der Waals surface area (Å²) in [5, 5.41) is 0.0756. The number of hydrogen-bond donors (Lipinski definition) is 0. The number of hydrogen-bond acceptors (Lipinski definition) is 3. The van der Waals surface area contributed by atoms with Crippen molar-refractivity contribution in [3.05, 3.63) is 29.6 Å². The summed E-state index contributed by atoms with van der Waals surface area (Å²) in [5.74, 6) is 0. The van der Waals surface area contributed by atoms with Gasteiger partial charge in [-0.2, -0.15) is 0 Å². The molecule has 0 aliphatic rings. The summed E-state index contributed by atoms with van der Waals surface area (Å²) in [5.41, 5.74) is 2.13. The van der Waals surface area contributed by atoms with Crippen molar-refractivity contribution < 1.29 is 8.42 Å². The van der Waals surface area contributed by atoms with E-state index >= 15 is 0 Å². The molecule has 0 aromatic carbocycles. The molecule has 0 N–H and O–H groups in total. The summed E-state index contributed by atoms with van der Waals surface area (Å²) in [6, 6.07) is 3.64. The molecule has 0 unspecified atom stereocenters. The van der Waals surface area contributed by atoms with Crippen LogP contribution in [0, 0.1) is 6.92 Å². The highest BCUT2D eigenvalue weighted by Gasteiger charge is 2.21. The van der Waals surface area contributed by atoms with Gasteiger partial charge in [0, 0.05) is 16.9 Å². The molecule has 0 aliphatic carbocycles. The van der Waals surface area contributed by atoms with E-state index in [9.17, 15) is 8.42 Å². The monoisotopic (exact) mass is 258 g/mol. The van der Waals surface area contributed by atoms with Gasteiger partial charge in [-0.05, 0) is 31.0 Å². The molecule has 0 amide bonds. The number of aryl methyl sites for hydroxylation is 2. The summed E-state index contributed by atoms with van der Waals surface area (Å²) in [4.78, 5) is 4.26. The zero-order valence-electron chi connectivity index (χ0n) is 8.94. The normalized spacial score (nSPS) is 12.2. The first-order chi connectivity index (χ1) is 7.43.